The van der Waals surface area contributed by atoms with Crippen molar-refractivity contribution in [2.24, 2.45) is 0 Å². The molecule has 1 N–H and O–H groups in total. The number of fused-ring (bicyclic) bond motifs is 1. The van der Waals surface area contributed by atoms with E-state index in [-0.39, 0.29) is 11.7 Å². The number of aromatic nitrogens is 2. The van der Waals surface area contributed by atoms with Crippen molar-refractivity contribution in [1.29, 1.82) is 0 Å². The molecule has 3 heterocycles. The Morgan fingerprint density at radius 2 is 1.96 bits per heavy atom. The minimum absolute atomic E-state index is 0.157. The van der Waals surface area contributed by atoms with Crippen LogP contribution in [0.3, 0.4) is 0 Å². The van der Waals surface area contributed by atoms with Crippen LogP contribution in [0.4, 0.5) is 10.1 Å². The van der Waals surface area contributed by atoms with E-state index in [1.54, 1.807) is 12.1 Å². The van der Waals surface area contributed by atoms with Gasteiger partial charge in [-0.15, -0.1) is 0 Å². The first kappa shape index (κ1) is 18.0. The molecule has 2 aliphatic heterocycles. The van der Waals surface area contributed by atoms with Crippen molar-refractivity contribution in [3.8, 4) is 0 Å². The van der Waals surface area contributed by atoms with Gasteiger partial charge in [0.1, 0.15) is 5.82 Å². The summed E-state index contributed by atoms with van der Waals surface area (Å²) in [5, 5.41) is 8.03. The van der Waals surface area contributed by atoms with Crippen LogP contribution in [0.25, 0.3) is 0 Å². The van der Waals surface area contributed by atoms with Gasteiger partial charge in [0.2, 0.25) is 5.91 Å². The Balaban J connectivity index is 1.28. The summed E-state index contributed by atoms with van der Waals surface area (Å²) < 4.78 is 16.0. The third kappa shape index (κ3) is 4.13. The molecule has 27 heavy (non-hydrogen) atoms. The van der Waals surface area contributed by atoms with Gasteiger partial charge in [-0.25, -0.2) is 4.39 Å². The molecule has 0 bridgehead atoms. The molecule has 0 spiro atoms. The lowest BCUT2D eigenvalue weighted by Crippen LogP contribution is -2.49. The van der Waals surface area contributed by atoms with Crippen LogP contribution in [0.1, 0.15) is 24.2 Å². The first-order valence-corrected chi connectivity index (χ1v) is 9.74. The lowest BCUT2D eigenvalue weighted by Gasteiger charge is -2.36. The van der Waals surface area contributed by atoms with Gasteiger partial charge in [0, 0.05) is 52.1 Å². The lowest BCUT2D eigenvalue weighted by atomic mass is 10.2. The van der Waals surface area contributed by atoms with Gasteiger partial charge in [0.15, 0.2) is 0 Å². The molecular weight excluding hydrogens is 345 g/mol. The van der Waals surface area contributed by atoms with Gasteiger partial charge in [-0.05, 0) is 31.2 Å². The van der Waals surface area contributed by atoms with E-state index in [9.17, 15) is 9.18 Å². The van der Waals surface area contributed by atoms with Crippen molar-refractivity contribution >= 4 is 11.6 Å². The Hall–Kier alpha value is -2.41. The number of hydrogen-bond donors (Lipinski definition) is 1. The maximum Gasteiger partial charge on any atom is 0.223 e. The average Bonchev–Trinajstić information content (AvgIpc) is 2.95. The summed E-state index contributed by atoms with van der Waals surface area (Å²) in [6.45, 7) is 5.41. The Morgan fingerprint density at radius 1 is 1.15 bits per heavy atom. The van der Waals surface area contributed by atoms with Crippen LogP contribution in [0.2, 0.25) is 0 Å². The minimum Gasteiger partial charge on any atom is -0.366 e. The standard InChI is InChI=1S/C20H26FN5O/c21-18-4-1-2-5-19(18)24-10-12-25(13-11-24)20(27)7-6-16-14-17-15-22-8-3-9-26(17)23-16/h1-2,4-5,14,22H,3,6-13,15H2. The number of carbonyl (C=O) groups is 1. The number of benzene rings is 1. The number of piperazine rings is 1. The van der Waals surface area contributed by atoms with E-state index in [0.29, 0.717) is 44.7 Å². The maximum absolute atomic E-state index is 13.9. The number of amides is 1. The van der Waals surface area contributed by atoms with E-state index in [1.165, 1.54) is 11.8 Å². The predicted molar refractivity (Wildman–Crippen MR) is 102 cm³/mol. The molecule has 1 saturated heterocycles. The van der Waals surface area contributed by atoms with Gasteiger partial charge in [-0.2, -0.15) is 5.10 Å². The molecule has 1 amide bonds. The molecule has 2 aromatic rings. The summed E-state index contributed by atoms with van der Waals surface area (Å²) in [5.74, 6) is -0.0455. The van der Waals surface area contributed by atoms with Crippen molar-refractivity contribution in [3.05, 3.63) is 47.5 Å². The smallest absolute Gasteiger partial charge is 0.223 e. The molecule has 7 heteroatoms. The van der Waals surface area contributed by atoms with Crippen molar-refractivity contribution in [2.45, 2.75) is 32.4 Å². The summed E-state index contributed by atoms with van der Waals surface area (Å²) >= 11 is 0. The molecule has 0 radical (unpaired) electrons. The lowest BCUT2D eigenvalue weighted by molar-refractivity contribution is -0.131. The van der Waals surface area contributed by atoms with Crippen molar-refractivity contribution < 1.29 is 9.18 Å². The van der Waals surface area contributed by atoms with E-state index in [1.807, 2.05) is 15.9 Å². The fourth-order valence-electron chi connectivity index (χ4n) is 3.84. The monoisotopic (exact) mass is 371 g/mol. The highest BCUT2D eigenvalue weighted by molar-refractivity contribution is 5.76. The summed E-state index contributed by atoms with van der Waals surface area (Å²) in [6.07, 6.45) is 2.23. The van der Waals surface area contributed by atoms with Crippen molar-refractivity contribution in [1.82, 2.24) is 20.0 Å². The first-order valence-electron chi connectivity index (χ1n) is 9.74. The number of rotatable bonds is 4. The van der Waals surface area contributed by atoms with E-state index in [0.717, 1.165) is 31.7 Å². The van der Waals surface area contributed by atoms with Gasteiger partial charge in [-0.3, -0.25) is 9.48 Å². The van der Waals surface area contributed by atoms with Crippen LogP contribution in [-0.4, -0.2) is 53.3 Å². The van der Waals surface area contributed by atoms with Gasteiger partial charge in [-0.1, -0.05) is 12.1 Å². The molecule has 1 aromatic carbocycles. The minimum atomic E-state index is -0.202. The number of aryl methyl sites for hydroxylation is 2. The Labute approximate surface area is 158 Å². The number of carbonyl (C=O) groups excluding carboxylic acids is 1. The molecule has 0 atom stereocenters. The number of nitrogens with one attached hydrogen (secondary N) is 1. The number of para-hydroxylation sites is 1. The molecule has 1 fully saturated rings. The molecule has 1 aromatic heterocycles. The quantitative estimate of drug-likeness (QED) is 0.891. The zero-order valence-electron chi connectivity index (χ0n) is 15.5. The third-order valence-corrected chi connectivity index (χ3v) is 5.36. The fraction of sp³-hybridized carbons (Fsp3) is 0.500. The zero-order chi connectivity index (χ0) is 18.6. The van der Waals surface area contributed by atoms with E-state index in [4.69, 9.17) is 0 Å². The van der Waals surface area contributed by atoms with Crippen molar-refractivity contribution in [2.75, 3.05) is 37.6 Å². The highest BCUT2D eigenvalue weighted by Crippen LogP contribution is 2.20. The topological polar surface area (TPSA) is 53.4 Å². The molecule has 6 nitrogen and oxygen atoms in total. The van der Waals surface area contributed by atoms with Gasteiger partial charge in [0.25, 0.3) is 0 Å². The Kier molecular flexibility index (Phi) is 5.38. The predicted octanol–water partition coefficient (Wildman–Crippen LogP) is 1.80. The molecule has 2 aliphatic rings. The molecule has 0 saturated carbocycles. The van der Waals surface area contributed by atoms with E-state index >= 15 is 0 Å². The van der Waals surface area contributed by atoms with Crippen LogP contribution in [0.15, 0.2) is 30.3 Å². The summed E-state index contributed by atoms with van der Waals surface area (Å²) in [7, 11) is 0. The van der Waals surface area contributed by atoms with Crippen LogP contribution >= 0.6 is 0 Å². The Bertz CT molecular complexity index is 774. The zero-order valence-corrected chi connectivity index (χ0v) is 15.5. The van der Waals surface area contributed by atoms with E-state index in [2.05, 4.69) is 21.2 Å². The normalized spacial score (nSPS) is 17.5. The average molecular weight is 371 g/mol. The summed E-state index contributed by atoms with van der Waals surface area (Å²) in [5.41, 5.74) is 2.82. The molecule has 0 unspecified atom stereocenters. The Morgan fingerprint density at radius 3 is 2.78 bits per heavy atom. The fourth-order valence-corrected chi connectivity index (χ4v) is 3.84. The second-order valence-electron chi connectivity index (χ2n) is 7.20. The third-order valence-electron chi connectivity index (χ3n) is 5.36. The molecule has 0 aliphatic carbocycles. The second-order valence-corrected chi connectivity index (χ2v) is 7.20. The second kappa shape index (κ2) is 8.08. The summed E-state index contributed by atoms with van der Waals surface area (Å²) in [6, 6.07) is 8.93. The maximum atomic E-state index is 13.9. The molecule has 144 valence electrons. The van der Waals surface area contributed by atoms with Gasteiger partial charge < -0.3 is 15.1 Å². The van der Waals surface area contributed by atoms with Crippen LogP contribution < -0.4 is 10.2 Å². The molecule has 4 rings (SSSR count). The SMILES string of the molecule is O=C(CCc1cc2n(n1)CCCNC2)N1CCN(c2ccccc2F)CC1. The van der Waals surface area contributed by atoms with E-state index < -0.39 is 0 Å². The number of nitrogens with zero attached hydrogens (tertiary/aromatic N) is 4. The van der Waals surface area contributed by atoms with Crippen LogP contribution in [0, 0.1) is 5.82 Å². The molecular formula is C20H26FN5O. The van der Waals surface area contributed by atoms with Crippen LogP contribution in [0.5, 0.6) is 0 Å². The highest BCUT2D eigenvalue weighted by Gasteiger charge is 2.23. The first-order chi connectivity index (χ1) is 13.2. The number of anilines is 1. The number of halogens is 1. The van der Waals surface area contributed by atoms with Gasteiger partial charge >= 0.3 is 0 Å². The number of hydrogen-bond acceptors (Lipinski definition) is 4. The van der Waals surface area contributed by atoms with Gasteiger partial charge in [0.05, 0.1) is 17.1 Å². The summed E-state index contributed by atoms with van der Waals surface area (Å²) in [4.78, 5) is 16.5. The van der Waals surface area contributed by atoms with Crippen LogP contribution in [-0.2, 0) is 24.3 Å². The largest absolute Gasteiger partial charge is 0.366 e. The van der Waals surface area contributed by atoms with Crippen molar-refractivity contribution in [3.63, 3.8) is 0 Å². The highest BCUT2D eigenvalue weighted by atomic mass is 19.1.